The van der Waals surface area contributed by atoms with Gasteiger partial charge in [-0.2, -0.15) is 0 Å². The fourth-order valence-electron chi connectivity index (χ4n) is 3.85. The average molecular weight is 453 g/mol. The third-order valence-electron chi connectivity index (χ3n) is 5.41. The Hall–Kier alpha value is -3.26. The summed E-state index contributed by atoms with van der Waals surface area (Å²) in [4.78, 5) is 44.8. The number of benzene rings is 1. The summed E-state index contributed by atoms with van der Waals surface area (Å²) < 4.78 is 11.0. The summed E-state index contributed by atoms with van der Waals surface area (Å²) in [5.74, 6) is -0.124. The number of ether oxygens (including phenoxy) is 1. The van der Waals surface area contributed by atoms with Crippen molar-refractivity contribution < 1.29 is 23.5 Å². The molecule has 0 bridgehead atoms. The van der Waals surface area contributed by atoms with E-state index >= 15 is 0 Å². The van der Waals surface area contributed by atoms with E-state index in [0.29, 0.717) is 51.9 Å². The van der Waals surface area contributed by atoms with Crippen LogP contribution in [0.3, 0.4) is 0 Å². The molecule has 0 aliphatic heterocycles. The molecule has 0 fully saturated rings. The number of hydrogen-bond acceptors (Lipinski definition) is 7. The second kappa shape index (κ2) is 9.08. The number of ketones is 1. The third kappa shape index (κ3) is 4.10. The highest BCUT2D eigenvalue weighted by Gasteiger charge is 2.33. The third-order valence-corrected chi connectivity index (χ3v) is 6.57. The minimum Gasteiger partial charge on any atom is -0.462 e. The summed E-state index contributed by atoms with van der Waals surface area (Å²) in [5, 5.41) is 0.375. The zero-order chi connectivity index (χ0) is 22.8. The number of anilines is 1. The van der Waals surface area contributed by atoms with E-state index in [1.54, 1.807) is 20.8 Å². The number of hydrogen-bond donors (Lipinski definition) is 0. The number of amides is 1. The summed E-state index contributed by atoms with van der Waals surface area (Å²) in [6.45, 7) is 5.70. The van der Waals surface area contributed by atoms with Gasteiger partial charge in [0, 0.05) is 18.4 Å². The van der Waals surface area contributed by atoms with Gasteiger partial charge in [0.1, 0.15) is 10.6 Å². The van der Waals surface area contributed by atoms with E-state index in [9.17, 15) is 14.4 Å². The molecule has 1 amide bonds. The Morgan fingerprint density at radius 3 is 2.62 bits per heavy atom. The molecule has 2 heterocycles. The second-order valence-electron chi connectivity index (χ2n) is 7.64. The fraction of sp³-hybridized carbons (Fsp3) is 0.333. The SMILES string of the molecule is CCOC(=O)c1sc(N(Cc2ccccc2)C(=O)c2oc3c(c2C)C(=O)CCC3)nc1C. The maximum absolute atomic E-state index is 13.7. The molecule has 0 saturated carbocycles. The molecule has 2 aromatic heterocycles. The fourth-order valence-corrected chi connectivity index (χ4v) is 4.81. The quantitative estimate of drug-likeness (QED) is 0.495. The Kier molecular flexibility index (Phi) is 6.23. The van der Waals surface area contributed by atoms with Crippen molar-refractivity contribution in [2.75, 3.05) is 11.5 Å². The van der Waals surface area contributed by atoms with Crippen molar-refractivity contribution in [3.63, 3.8) is 0 Å². The van der Waals surface area contributed by atoms with Crippen LogP contribution in [0, 0.1) is 13.8 Å². The molecule has 3 aromatic rings. The number of Topliss-reactive ketones (excluding diaryl/α,β-unsaturated/α-hetero) is 1. The molecule has 0 N–H and O–H groups in total. The van der Waals surface area contributed by atoms with Crippen molar-refractivity contribution in [2.45, 2.75) is 46.6 Å². The van der Waals surface area contributed by atoms with Crippen molar-refractivity contribution in [2.24, 2.45) is 0 Å². The highest BCUT2D eigenvalue weighted by molar-refractivity contribution is 7.17. The van der Waals surface area contributed by atoms with E-state index in [1.165, 1.54) is 4.90 Å². The highest BCUT2D eigenvalue weighted by atomic mass is 32.1. The lowest BCUT2D eigenvalue weighted by Gasteiger charge is -2.19. The van der Waals surface area contributed by atoms with Crippen LogP contribution >= 0.6 is 11.3 Å². The molecule has 0 spiro atoms. The molecule has 0 radical (unpaired) electrons. The maximum Gasteiger partial charge on any atom is 0.350 e. The molecular formula is C24H24N2O5S. The lowest BCUT2D eigenvalue weighted by Crippen LogP contribution is -2.30. The highest BCUT2D eigenvalue weighted by Crippen LogP contribution is 2.33. The van der Waals surface area contributed by atoms with Crippen LogP contribution in [-0.2, 0) is 17.7 Å². The number of aryl methyl sites for hydroxylation is 2. The number of nitrogens with zero attached hydrogens (tertiary/aromatic N) is 2. The number of furan rings is 1. The molecular weight excluding hydrogens is 428 g/mol. The van der Waals surface area contributed by atoms with Crippen molar-refractivity contribution in [3.05, 3.63) is 69.1 Å². The first-order valence-electron chi connectivity index (χ1n) is 10.6. The number of carbonyl (C=O) groups excluding carboxylic acids is 3. The van der Waals surface area contributed by atoms with Gasteiger partial charge in [-0.1, -0.05) is 41.7 Å². The summed E-state index contributed by atoms with van der Waals surface area (Å²) in [5.41, 5.74) is 2.49. The molecule has 1 aliphatic rings. The van der Waals surface area contributed by atoms with Crippen LogP contribution in [-0.4, -0.2) is 29.3 Å². The normalized spacial score (nSPS) is 13.0. The van der Waals surface area contributed by atoms with E-state index in [4.69, 9.17) is 9.15 Å². The molecule has 1 aromatic carbocycles. The first-order valence-corrected chi connectivity index (χ1v) is 11.4. The van der Waals surface area contributed by atoms with Crippen molar-refractivity contribution in [3.8, 4) is 0 Å². The first-order chi connectivity index (χ1) is 15.4. The zero-order valence-electron chi connectivity index (χ0n) is 18.3. The standard InChI is InChI=1S/C24H24N2O5S/c1-4-30-23(29)21-15(3)25-24(32-21)26(13-16-9-6-5-7-10-16)22(28)20-14(2)19-17(27)11-8-12-18(19)31-20/h5-7,9-10H,4,8,11-13H2,1-3H3. The number of esters is 1. The largest absolute Gasteiger partial charge is 0.462 e. The Balaban J connectivity index is 1.76. The lowest BCUT2D eigenvalue weighted by molar-refractivity contribution is 0.0530. The van der Waals surface area contributed by atoms with Crippen LogP contribution in [0.5, 0.6) is 0 Å². The van der Waals surface area contributed by atoms with E-state index in [2.05, 4.69) is 4.98 Å². The molecule has 0 unspecified atom stereocenters. The van der Waals surface area contributed by atoms with Crippen molar-refractivity contribution >= 4 is 34.1 Å². The number of thiazole rings is 1. The number of rotatable bonds is 6. The molecule has 0 saturated heterocycles. The lowest BCUT2D eigenvalue weighted by atomic mass is 9.94. The van der Waals surface area contributed by atoms with Gasteiger partial charge in [0.25, 0.3) is 5.91 Å². The van der Waals surface area contributed by atoms with E-state index < -0.39 is 11.9 Å². The predicted molar refractivity (Wildman–Crippen MR) is 120 cm³/mol. The summed E-state index contributed by atoms with van der Waals surface area (Å²) in [6.07, 6.45) is 1.81. The summed E-state index contributed by atoms with van der Waals surface area (Å²) >= 11 is 1.11. The van der Waals surface area contributed by atoms with Gasteiger partial charge in [0.2, 0.25) is 0 Å². The number of fused-ring (bicyclic) bond motifs is 1. The van der Waals surface area contributed by atoms with Crippen molar-refractivity contribution in [1.82, 2.24) is 4.98 Å². The monoisotopic (exact) mass is 452 g/mol. The van der Waals surface area contributed by atoms with Crippen LogP contribution in [0.15, 0.2) is 34.7 Å². The van der Waals surface area contributed by atoms with Crippen LogP contribution < -0.4 is 4.90 Å². The van der Waals surface area contributed by atoms with Crippen LogP contribution in [0.1, 0.15) is 72.9 Å². The Morgan fingerprint density at radius 2 is 1.94 bits per heavy atom. The van der Waals surface area contributed by atoms with Crippen LogP contribution in [0.2, 0.25) is 0 Å². The summed E-state index contributed by atoms with van der Waals surface area (Å²) in [7, 11) is 0. The molecule has 32 heavy (non-hydrogen) atoms. The van der Waals surface area contributed by atoms with Gasteiger partial charge < -0.3 is 9.15 Å². The Labute approximate surface area is 190 Å². The Morgan fingerprint density at radius 1 is 1.19 bits per heavy atom. The minimum atomic E-state index is -0.462. The van der Waals surface area contributed by atoms with Gasteiger partial charge in [-0.25, -0.2) is 9.78 Å². The first kappa shape index (κ1) is 22.0. The van der Waals surface area contributed by atoms with Crippen molar-refractivity contribution in [1.29, 1.82) is 0 Å². The number of aromatic nitrogens is 1. The summed E-state index contributed by atoms with van der Waals surface area (Å²) in [6, 6.07) is 9.51. The minimum absolute atomic E-state index is 0.0100. The van der Waals surface area contributed by atoms with Gasteiger partial charge >= 0.3 is 5.97 Å². The molecule has 0 atom stereocenters. The van der Waals surface area contributed by atoms with E-state index in [0.717, 1.165) is 16.9 Å². The number of carbonyl (C=O) groups is 3. The predicted octanol–water partition coefficient (Wildman–Crippen LogP) is 4.90. The molecule has 166 valence electrons. The van der Waals surface area contributed by atoms with Gasteiger partial charge in [-0.15, -0.1) is 0 Å². The van der Waals surface area contributed by atoms with Gasteiger partial charge in [-0.3, -0.25) is 14.5 Å². The molecule has 1 aliphatic carbocycles. The zero-order valence-corrected chi connectivity index (χ0v) is 19.1. The second-order valence-corrected chi connectivity index (χ2v) is 8.62. The maximum atomic E-state index is 13.7. The smallest absolute Gasteiger partial charge is 0.350 e. The molecule has 7 nitrogen and oxygen atoms in total. The van der Waals surface area contributed by atoms with Gasteiger partial charge in [0.15, 0.2) is 16.7 Å². The topological polar surface area (TPSA) is 89.7 Å². The van der Waals surface area contributed by atoms with E-state index in [-0.39, 0.29) is 24.7 Å². The van der Waals surface area contributed by atoms with Gasteiger partial charge in [0.05, 0.1) is 24.4 Å². The van der Waals surface area contributed by atoms with Gasteiger partial charge in [-0.05, 0) is 32.8 Å². The molecule has 8 heteroatoms. The van der Waals surface area contributed by atoms with Crippen LogP contribution in [0.4, 0.5) is 5.13 Å². The molecule has 4 rings (SSSR count). The van der Waals surface area contributed by atoms with Crippen LogP contribution in [0.25, 0.3) is 0 Å². The Bertz CT molecular complexity index is 1180. The average Bonchev–Trinajstić information content (AvgIpc) is 3.33. The van der Waals surface area contributed by atoms with E-state index in [1.807, 2.05) is 30.3 Å².